The Hall–Kier alpha value is -2.32. The minimum absolute atomic E-state index is 0.429. The summed E-state index contributed by atoms with van der Waals surface area (Å²) in [6.07, 6.45) is 1.07. The van der Waals surface area contributed by atoms with Crippen LogP contribution >= 0.6 is 0 Å². The standard InChI is InChI=1S/C21H24N2/c1-23(2)21(18-10-4-3-5-11-18)15-16-22-20-14-8-12-17-9-6-7-13-19(17)20/h3-14,21-22H,15-16H2,1-2H3/t21-/m0/s1. The molecule has 1 N–H and O–H groups in total. The number of benzene rings is 3. The van der Waals surface area contributed by atoms with Gasteiger partial charge >= 0.3 is 0 Å². The number of hydrogen-bond acceptors (Lipinski definition) is 2. The molecule has 0 aliphatic heterocycles. The molecule has 0 aliphatic rings. The van der Waals surface area contributed by atoms with Crippen molar-refractivity contribution in [2.24, 2.45) is 0 Å². The first kappa shape index (κ1) is 15.6. The van der Waals surface area contributed by atoms with Gasteiger partial charge in [0.15, 0.2) is 0 Å². The van der Waals surface area contributed by atoms with E-state index in [4.69, 9.17) is 0 Å². The highest BCUT2D eigenvalue weighted by molar-refractivity contribution is 5.93. The monoisotopic (exact) mass is 304 g/mol. The molecule has 0 aliphatic carbocycles. The Balaban J connectivity index is 1.70. The van der Waals surface area contributed by atoms with Crippen LogP contribution in [0.2, 0.25) is 0 Å². The highest BCUT2D eigenvalue weighted by Crippen LogP contribution is 2.25. The number of hydrogen-bond donors (Lipinski definition) is 1. The molecule has 0 amide bonds. The lowest BCUT2D eigenvalue weighted by Crippen LogP contribution is -2.22. The average molecular weight is 304 g/mol. The summed E-state index contributed by atoms with van der Waals surface area (Å²) in [4.78, 5) is 2.29. The molecule has 3 aromatic carbocycles. The molecule has 23 heavy (non-hydrogen) atoms. The zero-order valence-corrected chi connectivity index (χ0v) is 13.9. The summed E-state index contributed by atoms with van der Waals surface area (Å²) in [7, 11) is 4.30. The Morgan fingerprint density at radius 2 is 1.52 bits per heavy atom. The van der Waals surface area contributed by atoms with Crippen molar-refractivity contribution in [3.63, 3.8) is 0 Å². The van der Waals surface area contributed by atoms with E-state index in [9.17, 15) is 0 Å². The fourth-order valence-corrected chi connectivity index (χ4v) is 3.12. The van der Waals surface area contributed by atoms with Gasteiger partial charge in [-0.2, -0.15) is 0 Å². The molecule has 0 unspecified atom stereocenters. The van der Waals surface area contributed by atoms with Crippen LogP contribution in [-0.2, 0) is 0 Å². The Kier molecular flexibility index (Phi) is 4.94. The van der Waals surface area contributed by atoms with Crippen molar-refractivity contribution in [2.75, 3.05) is 26.0 Å². The molecule has 0 radical (unpaired) electrons. The van der Waals surface area contributed by atoms with Crippen molar-refractivity contribution < 1.29 is 0 Å². The fraction of sp³-hybridized carbons (Fsp3) is 0.238. The molecule has 0 saturated heterocycles. The molecule has 0 fully saturated rings. The third kappa shape index (κ3) is 3.72. The van der Waals surface area contributed by atoms with Gasteiger partial charge in [0.25, 0.3) is 0 Å². The Bertz CT molecular complexity index is 745. The highest BCUT2D eigenvalue weighted by atomic mass is 15.1. The molecule has 2 heteroatoms. The molecule has 1 atom stereocenters. The van der Waals surface area contributed by atoms with E-state index in [0.717, 1.165) is 13.0 Å². The van der Waals surface area contributed by atoms with Crippen molar-refractivity contribution >= 4 is 16.5 Å². The van der Waals surface area contributed by atoms with Gasteiger partial charge in [-0.1, -0.05) is 66.7 Å². The van der Waals surface area contributed by atoms with Crippen LogP contribution in [0.3, 0.4) is 0 Å². The third-order valence-electron chi connectivity index (χ3n) is 4.33. The van der Waals surface area contributed by atoms with Gasteiger partial charge in [0.2, 0.25) is 0 Å². The number of rotatable bonds is 6. The molecular weight excluding hydrogens is 280 g/mol. The first-order valence-corrected chi connectivity index (χ1v) is 8.19. The summed E-state index contributed by atoms with van der Waals surface area (Å²) >= 11 is 0. The van der Waals surface area contributed by atoms with Crippen LogP contribution in [0.25, 0.3) is 10.8 Å². The SMILES string of the molecule is CN(C)[C@@H](CCNc1cccc2ccccc12)c1ccccc1. The quantitative estimate of drug-likeness (QED) is 0.693. The van der Waals surface area contributed by atoms with E-state index in [1.54, 1.807) is 0 Å². The predicted octanol–water partition coefficient (Wildman–Crippen LogP) is 4.94. The van der Waals surface area contributed by atoms with Gasteiger partial charge in [0.05, 0.1) is 0 Å². The highest BCUT2D eigenvalue weighted by Gasteiger charge is 2.13. The third-order valence-corrected chi connectivity index (χ3v) is 4.33. The molecule has 2 nitrogen and oxygen atoms in total. The van der Waals surface area contributed by atoms with Gasteiger partial charge in [0, 0.05) is 23.7 Å². The lowest BCUT2D eigenvalue weighted by atomic mass is 10.0. The van der Waals surface area contributed by atoms with Crippen LogP contribution in [0, 0.1) is 0 Å². The summed E-state index contributed by atoms with van der Waals surface area (Å²) in [6, 6.07) is 26.1. The van der Waals surface area contributed by atoms with Crippen LogP contribution in [0.4, 0.5) is 5.69 Å². The molecule has 0 heterocycles. The van der Waals surface area contributed by atoms with E-state index < -0.39 is 0 Å². The van der Waals surface area contributed by atoms with Gasteiger partial charge in [-0.3, -0.25) is 0 Å². The van der Waals surface area contributed by atoms with Crippen molar-refractivity contribution in [3.8, 4) is 0 Å². The van der Waals surface area contributed by atoms with Crippen LogP contribution in [0.5, 0.6) is 0 Å². The lowest BCUT2D eigenvalue weighted by Gasteiger charge is -2.25. The second-order valence-electron chi connectivity index (χ2n) is 6.13. The Morgan fingerprint density at radius 1 is 0.826 bits per heavy atom. The van der Waals surface area contributed by atoms with Crippen LogP contribution in [-0.4, -0.2) is 25.5 Å². The molecule has 0 aromatic heterocycles. The van der Waals surface area contributed by atoms with Gasteiger partial charge < -0.3 is 10.2 Å². The van der Waals surface area contributed by atoms with Gasteiger partial charge in [0.1, 0.15) is 0 Å². The van der Waals surface area contributed by atoms with E-state index in [1.165, 1.54) is 22.0 Å². The normalized spacial score (nSPS) is 12.5. The summed E-state index contributed by atoms with van der Waals surface area (Å²) in [5.74, 6) is 0. The fourth-order valence-electron chi connectivity index (χ4n) is 3.12. The van der Waals surface area contributed by atoms with Crippen LogP contribution < -0.4 is 5.32 Å². The van der Waals surface area contributed by atoms with Crippen LogP contribution in [0.15, 0.2) is 72.8 Å². The van der Waals surface area contributed by atoms with Crippen molar-refractivity contribution in [1.82, 2.24) is 4.90 Å². The summed E-state index contributed by atoms with van der Waals surface area (Å²) < 4.78 is 0. The summed E-state index contributed by atoms with van der Waals surface area (Å²) in [5, 5.41) is 6.19. The molecule has 0 saturated carbocycles. The lowest BCUT2D eigenvalue weighted by molar-refractivity contribution is 0.289. The Morgan fingerprint density at radius 3 is 2.30 bits per heavy atom. The van der Waals surface area contributed by atoms with E-state index in [0.29, 0.717) is 6.04 Å². The number of nitrogens with one attached hydrogen (secondary N) is 1. The molecule has 118 valence electrons. The summed E-state index contributed by atoms with van der Waals surface area (Å²) in [5.41, 5.74) is 2.59. The van der Waals surface area contributed by atoms with E-state index >= 15 is 0 Å². The minimum Gasteiger partial charge on any atom is -0.384 e. The number of nitrogens with zero attached hydrogens (tertiary/aromatic N) is 1. The van der Waals surface area contributed by atoms with Crippen molar-refractivity contribution in [3.05, 3.63) is 78.4 Å². The van der Waals surface area contributed by atoms with Gasteiger partial charge in [-0.25, -0.2) is 0 Å². The largest absolute Gasteiger partial charge is 0.384 e. The second kappa shape index (κ2) is 7.30. The first-order chi connectivity index (χ1) is 11.3. The van der Waals surface area contributed by atoms with Crippen molar-refractivity contribution in [1.29, 1.82) is 0 Å². The molecule has 3 rings (SSSR count). The smallest absolute Gasteiger partial charge is 0.0419 e. The molecular formula is C21H24N2. The predicted molar refractivity (Wildman–Crippen MR) is 99.9 cm³/mol. The minimum atomic E-state index is 0.429. The zero-order valence-electron chi connectivity index (χ0n) is 13.9. The van der Waals surface area contributed by atoms with Gasteiger partial charge in [-0.05, 0) is 37.5 Å². The molecule has 0 spiro atoms. The van der Waals surface area contributed by atoms with Gasteiger partial charge in [-0.15, -0.1) is 0 Å². The number of fused-ring (bicyclic) bond motifs is 1. The second-order valence-corrected chi connectivity index (χ2v) is 6.13. The maximum atomic E-state index is 3.62. The van der Waals surface area contributed by atoms with Crippen LogP contribution in [0.1, 0.15) is 18.0 Å². The number of anilines is 1. The maximum Gasteiger partial charge on any atom is 0.0419 e. The van der Waals surface area contributed by atoms with E-state index in [1.807, 2.05) is 0 Å². The van der Waals surface area contributed by atoms with E-state index in [-0.39, 0.29) is 0 Å². The molecule has 3 aromatic rings. The van der Waals surface area contributed by atoms with Crippen molar-refractivity contribution in [2.45, 2.75) is 12.5 Å². The first-order valence-electron chi connectivity index (χ1n) is 8.19. The Labute approximate surface area is 138 Å². The topological polar surface area (TPSA) is 15.3 Å². The maximum absolute atomic E-state index is 3.62. The summed E-state index contributed by atoms with van der Waals surface area (Å²) in [6.45, 7) is 0.950. The average Bonchev–Trinajstić information content (AvgIpc) is 2.59. The van der Waals surface area contributed by atoms with E-state index in [2.05, 4.69) is 97.1 Å². The zero-order chi connectivity index (χ0) is 16.1. The molecule has 0 bridgehead atoms.